The highest BCUT2D eigenvalue weighted by molar-refractivity contribution is 7.80. The van der Waals surface area contributed by atoms with Gasteiger partial charge in [0.25, 0.3) is 0 Å². The van der Waals surface area contributed by atoms with Crippen molar-refractivity contribution in [1.82, 2.24) is 10.2 Å². The van der Waals surface area contributed by atoms with E-state index in [4.69, 9.17) is 17.0 Å². The molecule has 16 heavy (non-hydrogen) atoms. The van der Waals surface area contributed by atoms with Crippen molar-refractivity contribution in [3.05, 3.63) is 11.8 Å². The summed E-state index contributed by atoms with van der Waals surface area (Å²) in [5.74, 6) is -0.265. The summed E-state index contributed by atoms with van der Waals surface area (Å²) < 4.78 is 4.90. The first kappa shape index (κ1) is 13.0. The van der Waals surface area contributed by atoms with Gasteiger partial charge in [-0.3, -0.25) is 4.79 Å². The average molecular weight is 242 g/mol. The number of esters is 1. The standard InChI is InChI=1S/C11H18N2O2S/c1-5-15-9(14)7-13-8(2)6-11(3,4)12-10(13)16/h6H,5,7H2,1-4H3,(H,12,16). The molecule has 0 fully saturated rings. The van der Waals surface area contributed by atoms with Crippen LogP contribution in [0.25, 0.3) is 0 Å². The van der Waals surface area contributed by atoms with Crippen molar-refractivity contribution in [2.24, 2.45) is 0 Å². The molecular formula is C11H18N2O2S. The van der Waals surface area contributed by atoms with Crippen LogP contribution in [-0.2, 0) is 9.53 Å². The van der Waals surface area contributed by atoms with E-state index in [-0.39, 0.29) is 18.1 Å². The number of hydrogen-bond donors (Lipinski definition) is 1. The highest BCUT2D eigenvalue weighted by Gasteiger charge is 2.27. The van der Waals surface area contributed by atoms with Crippen molar-refractivity contribution in [2.75, 3.05) is 13.2 Å². The van der Waals surface area contributed by atoms with Crippen molar-refractivity contribution in [3.8, 4) is 0 Å². The minimum Gasteiger partial charge on any atom is -0.465 e. The van der Waals surface area contributed by atoms with Gasteiger partial charge < -0.3 is 15.0 Å². The van der Waals surface area contributed by atoms with Gasteiger partial charge in [0.15, 0.2) is 5.11 Å². The van der Waals surface area contributed by atoms with E-state index in [2.05, 4.69) is 5.32 Å². The molecule has 5 heteroatoms. The van der Waals surface area contributed by atoms with Crippen LogP contribution in [0.3, 0.4) is 0 Å². The molecule has 0 aromatic carbocycles. The van der Waals surface area contributed by atoms with Gasteiger partial charge in [0.2, 0.25) is 0 Å². The van der Waals surface area contributed by atoms with Crippen LogP contribution in [-0.4, -0.2) is 34.7 Å². The predicted octanol–water partition coefficient (Wildman–Crippen LogP) is 1.42. The van der Waals surface area contributed by atoms with E-state index in [9.17, 15) is 4.79 Å². The summed E-state index contributed by atoms with van der Waals surface area (Å²) in [7, 11) is 0. The summed E-state index contributed by atoms with van der Waals surface area (Å²) in [5, 5.41) is 3.72. The lowest BCUT2D eigenvalue weighted by atomic mass is 10.0. The largest absolute Gasteiger partial charge is 0.465 e. The average Bonchev–Trinajstić information content (AvgIpc) is 2.10. The van der Waals surface area contributed by atoms with Crippen LogP contribution in [0.2, 0.25) is 0 Å². The van der Waals surface area contributed by atoms with Gasteiger partial charge in [-0.15, -0.1) is 0 Å². The maximum Gasteiger partial charge on any atom is 0.326 e. The van der Waals surface area contributed by atoms with E-state index >= 15 is 0 Å². The minimum absolute atomic E-state index is 0.160. The third-order valence-electron chi connectivity index (χ3n) is 2.26. The summed E-state index contributed by atoms with van der Waals surface area (Å²) in [6, 6.07) is 0. The lowest BCUT2D eigenvalue weighted by Crippen LogP contribution is -2.54. The molecule has 0 spiro atoms. The van der Waals surface area contributed by atoms with Crippen LogP contribution in [0, 0.1) is 0 Å². The van der Waals surface area contributed by atoms with E-state index in [0.717, 1.165) is 5.70 Å². The zero-order chi connectivity index (χ0) is 12.3. The molecule has 1 aliphatic rings. The zero-order valence-electron chi connectivity index (χ0n) is 10.2. The summed E-state index contributed by atoms with van der Waals surface area (Å²) >= 11 is 5.22. The fraction of sp³-hybridized carbons (Fsp3) is 0.636. The molecule has 0 saturated heterocycles. The number of nitrogens with one attached hydrogen (secondary N) is 1. The second kappa shape index (κ2) is 4.82. The molecule has 0 amide bonds. The third kappa shape index (κ3) is 3.20. The van der Waals surface area contributed by atoms with Crippen molar-refractivity contribution < 1.29 is 9.53 Å². The lowest BCUT2D eigenvalue weighted by molar-refractivity contribution is -0.143. The summed E-state index contributed by atoms with van der Waals surface area (Å²) in [6.45, 7) is 8.35. The Labute approximate surface area is 102 Å². The molecule has 1 heterocycles. The van der Waals surface area contributed by atoms with Crippen LogP contribution < -0.4 is 5.32 Å². The van der Waals surface area contributed by atoms with E-state index in [1.807, 2.05) is 26.8 Å². The first-order valence-electron chi connectivity index (χ1n) is 5.30. The Bertz CT molecular complexity index is 337. The quantitative estimate of drug-likeness (QED) is 0.599. The number of rotatable bonds is 3. The molecular weight excluding hydrogens is 224 g/mol. The molecule has 1 N–H and O–H groups in total. The van der Waals surface area contributed by atoms with Crippen LogP contribution in [0.5, 0.6) is 0 Å². The Morgan fingerprint density at radius 2 is 2.25 bits per heavy atom. The molecule has 0 unspecified atom stereocenters. The molecule has 0 atom stereocenters. The van der Waals surface area contributed by atoms with Crippen LogP contribution in [0.4, 0.5) is 0 Å². The zero-order valence-corrected chi connectivity index (χ0v) is 11.0. The van der Waals surface area contributed by atoms with Crippen LogP contribution >= 0.6 is 12.2 Å². The monoisotopic (exact) mass is 242 g/mol. The molecule has 0 saturated carbocycles. The van der Waals surface area contributed by atoms with E-state index in [1.165, 1.54) is 0 Å². The van der Waals surface area contributed by atoms with Gasteiger partial charge in [0, 0.05) is 5.70 Å². The molecule has 1 aliphatic heterocycles. The highest BCUT2D eigenvalue weighted by atomic mass is 32.1. The van der Waals surface area contributed by atoms with Gasteiger partial charge in [-0.2, -0.15) is 0 Å². The number of carbonyl (C=O) groups excluding carboxylic acids is 1. The van der Waals surface area contributed by atoms with E-state index < -0.39 is 0 Å². The smallest absolute Gasteiger partial charge is 0.326 e. The molecule has 0 bridgehead atoms. The maximum atomic E-state index is 11.4. The molecule has 0 aromatic heterocycles. The second-order valence-electron chi connectivity index (χ2n) is 4.33. The predicted molar refractivity (Wildman–Crippen MR) is 66.9 cm³/mol. The topological polar surface area (TPSA) is 41.6 Å². The fourth-order valence-electron chi connectivity index (χ4n) is 1.67. The van der Waals surface area contributed by atoms with Gasteiger partial charge in [-0.05, 0) is 46.0 Å². The number of carbonyl (C=O) groups is 1. The molecule has 90 valence electrons. The van der Waals surface area contributed by atoms with Crippen molar-refractivity contribution in [3.63, 3.8) is 0 Å². The number of nitrogens with zero attached hydrogens (tertiary/aromatic N) is 1. The lowest BCUT2D eigenvalue weighted by Gasteiger charge is -2.37. The molecule has 1 rings (SSSR count). The van der Waals surface area contributed by atoms with E-state index in [1.54, 1.807) is 11.8 Å². The van der Waals surface area contributed by atoms with Crippen LogP contribution in [0.15, 0.2) is 11.8 Å². The number of hydrogen-bond acceptors (Lipinski definition) is 3. The molecule has 4 nitrogen and oxygen atoms in total. The van der Waals surface area contributed by atoms with Crippen LogP contribution in [0.1, 0.15) is 27.7 Å². The first-order chi connectivity index (χ1) is 7.35. The number of thiocarbonyl (C=S) groups is 1. The summed E-state index contributed by atoms with van der Waals surface area (Å²) in [5.41, 5.74) is 0.814. The minimum atomic E-state index is -0.265. The summed E-state index contributed by atoms with van der Waals surface area (Å²) in [4.78, 5) is 13.1. The Balaban J connectivity index is 2.74. The Kier molecular flexibility index (Phi) is 3.91. The van der Waals surface area contributed by atoms with Gasteiger partial charge in [-0.25, -0.2) is 0 Å². The second-order valence-corrected chi connectivity index (χ2v) is 4.72. The third-order valence-corrected chi connectivity index (χ3v) is 2.58. The van der Waals surface area contributed by atoms with Gasteiger partial charge in [0.1, 0.15) is 6.54 Å². The van der Waals surface area contributed by atoms with Gasteiger partial charge in [-0.1, -0.05) is 0 Å². The highest BCUT2D eigenvalue weighted by Crippen LogP contribution is 2.18. The van der Waals surface area contributed by atoms with Crippen molar-refractivity contribution >= 4 is 23.3 Å². The Morgan fingerprint density at radius 3 is 2.75 bits per heavy atom. The summed E-state index contributed by atoms with van der Waals surface area (Å²) in [6.07, 6.45) is 2.04. The molecule has 0 aliphatic carbocycles. The fourth-order valence-corrected chi connectivity index (χ4v) is 2.14. The van der Waals surface area contributed by atoms with Gasteiger partial charge in [0.05, 0.1) is 12.1 Å². The Morgan fingerprint density at radius 1 is 1.62 bits per heavy atom. The SMILES string of the molecule is CCOC(=O)CN1C(=S)NC(C)(C)C=C1C. The normalized spacial score (nSPS) is 18.9. The first-order valence-corrected chi connectivity index (χ1v) is 5.71. The van der Waals surface area contributed by atoms with Crippen molar-refractivity contribution in [2.45, 2.75) is 33.2 Å². The van der Waals surface area contributed by atoms with E-state index in [0.29, 0.717) is 11.7 Å². The Hall–Kier alpha value is -1.10. The maximum absolute atomic E-state index is 11.4. The van der Waals surface area contributed by atoms with Crippen molar-refractivity contribution in [1.29, 1.82) is 0 Å². The van der Waals surface area contributed by atoms with Gasteiger partial charge >= 0.3 is 5.97 Å². The molecule has 0 radical (unpaired) electrons. The number of allylic oxidation sites excluding steroid dienone is 1. The molecule has 0 aromatic rings. The number of ether oxygens (including phenoxy) is 1.